The first-order valence-corrected chi connectivity index (χ1v) is 6.64. The van der Waals surface area contributed by atoms with Gasteiger partial charge >= 0.3 is 0 Å². The summed E-state index contributed by atoms with van der Waals surface area (Å²) in [7, 11) is 0. The zero-order chi connectivity index (χ0) is 15.6. The van der Waals surface area contributed by atoms with Gasteiger partial charge in [-0.25, -0.2) is 17.6 Å². The van der Waals surface area contributed by atoms with Crippen molar-refractivity contribution in [3.8, 4) is 0 Å². The highest BCUT2D eigenvalue weighted by molar-refractivity contribution is 6.31. The highest BCUT2D eigenvalue weighted by Gasteiger charge is 2.22. The van der Waals surface area contributed by atoms with Crippen LogP contribution in [0.1, 0.15) is 24.1 Å². The van der Waals surface area contributed by atoms with Crippen molar-refractivity contribution in [3.63, 3.8) is 0 Å². The van der Waals surface area contributed by atoms with E-state index in [4.69, 9.17) is 11.6 Å². The van der Waals surface area contributed by atoms with Crippen LogP contribution >= 0.6 is 11.6 Å². The van der Waals surface area contributed by atoms with E-state index in [9.17, 15) is 17.6 Å². The third-order valence-electron chi connectivity index (χ3n) is 3.03. The highest BCUT2D eigenvalue weighted by atomic mass is 35.5. The minimum absolute atomic E-state index is 0.0742. The van der Waals surface area contributed by atoms with Gasteiger partial charge < -0.3 is 5.32 Å². The van der Waals surface area contributed by atoms with Crippen molar-refractivity contribution in [2.45, 2.75) is 13.0 Å². The number of benzene rings is 2. The molecule has 0 saturated carbocycles. The third-order valence-corrected chi connectivity index (χ3v) is 3.36. The largest absolute Gasteiger partial charge is 0.306 e. The molecule has 0 spiro atoms. The van der Waals surface area contributed by atoms with E-state index in [0.717, 1.165) is 12.1 Å². The van der Waals surface area contributed by atoms with E-state index >= 15 is 0 Å². The van der Waals surface area contributed by atoms with E-state index in [1.807, 2.05) is 0 Å². The van der Waals surface area contributed by atoms with Crippen molar-refractivity contribution in [1.82, 2.24) is 5.32 Å². The lowest BCUT2D eigenvalue weighted by atomic mass is 9.97. The molecule has 0 radical (unpaired) electrons. The fourth-order valence-electron chi connectivity index (χ4n) is 2.09. The normalized spacial score (nSPS) is 12.5. The summed E-state index contributed by atoms with van der Waals surface area (Å²) in [5, 5.41) is 3.00. The van der Waals surface area contributed by atoms with Crippen molar-refractivity contribution in [3.05, 3.63) is 69.8 Å². The van der Waals surface area contributed by atoms with Gasteiger partial charge in [-0.05, 0) is 30.3 Å². The first-order chi connectivity index (χ1) is 9.93. The lowest BCUT2D eigenvalue weighted by Crippen LogP contribution is -2.23. The summed E-state index contributed by atoms with van der Waals surface area (Å²) in [4.78, 5) is 0. The van der Waals surface area contributed by atoms with E-state index < -0.39 is 29.3 Å². The summed E-state index contributed by atoms with van der Waals surface area (Å²) in [6.07, 6.45) is 0. The average molecular weight is 318 g/mol. The Morgan fingerprint density at radius 3 is 2.24 bits per heavy atom. The van der Waals surface area contributed by atoms with E-state index in [2.05, 4.69) is 5.32 Å². The third kappa shape index (κ3) is 3.36. The van der Waals surface area contributed by atoms with Crippen LogP contribution in [0.5, 0.6) is 0 Å². The zero-order valence-electron chi connectivity index (χ0n) is 11.1. The van der Waals surface area contributed by atoms with Crippen LogP contribution in [0.25, 0.3) is 0 Å². The molecule has 2 rings (SSSR count). The van der Waals surface area contributed by atoms with Crippen LogP contribution in [0, 0.1) is 23.3 Å². The van der Waals surface area contributed by atoms with E-state index in [1.54, 1.807) is 6.92 Å². The maximum Gasteiger partial charge on any atom is 0.161 e. The number of hydrogen-bond donors (Lipinski definition) is 1. The van der Waals surface area contributed by atoms with Crippen LogP contribution in [-0.2, 0) is 0 Å². The molecule has 2 aromatic carbocycles. The second kappa shape index (κ2) is 6.45. The molecule has 0 aliphatic heterocycles. The van der Waals surface area contributed by atoms with Crippen LogP contribution < -0.4 is 5.32 Å². The molecule has 1 N–H and O–H groups in total. The molecule has 21 heavy (non-hydrogen) atoms. The number of rotatable bonds is 4. The predicted molar refractivity (Wildman–Crippen MR) is 73.2 cm³/mol. The summed E-state index contributed by atoms with van der Waals surface area (Å²) in [6, 6.07) is 4.08. The maximum absolute atomic E-state index is 13.9. The summed E-state index contributed by atoms with van der Waals surface area (Å²) >= 11 is 5.96. The first kappa shape index (κ1) is 15.8. The Labute approximate surface area is 124 Å². The molecule has 0 heterocycles. The molecule has 2 aromatic rings. The molecule has 0 aliphatic carbocycles. The standard InChI is InChI=1S/C15H12ClF4N/c1-2-21-15(9-4-3-8(17)5-11(9)16)10-6-13(19)14(20)7-12(10)18/h3-7,15,21H,2H2,1H3. The fourth-order valence-corrected chi connectivity index (χ4v) is 2.36. The van der Waals surface area contributed by atoms with Gasteiger partial charge in [0.1, 0.15) is 11.6 Å². The van der Waals surface area contributed by atoms with Crippen LogP contribution in [-0.4, -0.2) is 6.54 Å². The second-order valence-electron chi connectivity index (χ2n) is 4.44. The molecular formula is C15H12ClF4N. The van der Waals surface area contributed by atoms with Crippen molar-refractivity contribution < 1.29 is 17.6 Å². The van der Waals surface area contributed by atoms with Crippen molar-refractivity contribution in [2.75, 3.05) is 6.54 Å². The van der Waals surface area contributed by atoms with Gasteiger partial charge in [-0.3, -0.25) is 0 Å². The van der Waals surface area contributed by atoms with Crippen LogP contribution in [0.2, 0.25) is 5.02 Å². The Balaban J connectivity index is 2.55. The molecule has 0 bridgehead atoms. The number of halogens is 5. The van der Waals surface area contributed by atoms with Crippen LogP contribution in [0.4, 0.5) is 17.6 Å². The Morgan fingerprint density at radius 1 is 0.952 bits per heavy atom. The number of hydrogen-bond acceptors (Lipinski definition) is 1. The van der Waals surface area contributed by atoms with Gasteiger partial charge in [0.25, 0.3) is 0 Å². The van der Waals surface area contributed by atoms with Crippen molar-refractivity contribution >= 4 is 11.6 Å². The topological polar surface area (TPSA) is 12.0 Å². The molecule has 0 fully saturated rings. The van der Waals surface area contributed by atoms with Gasteiger partial charge in [0.15, 0.2) is 11.6 Å². The Hall–Kier alpha value is -1.59. The lowest BCUT2D eigenvalue weighted by molar-refractivity contribution is 0.481. The van der Waals surface area contributed by atoms with Gasteiger partial charge in [0.2, 0.25) is 0 Å². The molecule has 1 nitrogen and oxygen atoms in total. The predicted octanol–water partition coefficient (Wildman–Crippen LogP) is 4.60. The van der Waals surface area contributed by atoms with E-state index in [-0.39, 0.29) is 10.6 Å². The zero-order valence-corrected chi connectivity index (χ0v) is 11.8. The number of nitrogens with one attached hydrogen (secondary N) is 1. The van der Waals surface area contributed by atoms with Gasteiger partial charge in [-0.2, -0.15) is 0 Å². The highest BCUT2D eigenvalue weighted by Crippen LogP contribution is 2.31. The Kier molecular flexibility index (Phi) is 4.85. The average Bonchev–Trinajstić information content (AvgIpc) is 2.41. The van der Waals surface area contributed by atoms with Gasteiger partial charge in [0, 0.05) is 16.7 Å². The van der Waals surface area contributed by atoms with Crippen molar-refractivity contribution in [1.29, 1.82) is 0 Å². The fraction of sp³-hybridized carbons (Fsp3) is 0.200. The quantitative estimate of drug-likeness (QED) is 0.642. The van der Waals surface area contributed by atoms with Gasteiger partial charge in [-0.1, -0.05) is 24.6 Å². The van der Waals surface area contributed by atoms with Crippen LogP contribution in [0.3, 0.4) is 0 Å². The summed E-state index contributed by atoms with van der Waals surface area (Å²) in [5.74, 6) is -3.87. The van der Waals surface area contributed by atoms with E-state index in [0.29, 0.717) is 18.2 Å². The molecule has 0 saturated heterocycles. The minimum Gasteiger partial charge on any atom is -0.306 e. The first-order valence-electron chi connectivity index (χ1n) is 6.26. The monoisotopic (exact) mass is 317 g/mol. The summed E-state index contributed by atoms with van der Waals surface area (Å²) in [6.45, 7) is 2.19. The molecule has 1 atom stereocenters. The van der Waals surface area contributed by atoms with Crippen LogP contribution in [0.15, 0.2) is 30.3 Å². The Bertz CT molecular complexity index is 660. The molecule has 1 unspecified atom stereocenters. The van der Waals surface area contributed by atoms with Gasteiger partial charge in [-0.15, -0.1) is 0 Å². The minimum atomic E-state index is -1.27. The molecule has 0 aromatic heterocycles. The molecule has 112 valence electrons. The lowest BCUT2D eigenvalue weighted by Gasteiger charge is -2.21. The molecule has 6 heteroatoms. The molecular weight excluding hydrogens is 306 g/mol. The summed E-state index contributed by atoms with van der Waals surface area (Å²) in [5.41, 5.74) is 0.286. The maximum atomic E-state index is 13.9. The smallest absolute Gasteiger partial charge is 0.161 e. The molecule has 0 amide bonds. The summed E-state index contributed by atoms with van der Waals surface area (Å²) < 4.78 is 53.5. The van der Waals surface area contributed by atoms with Gasteiger partial charge in [0.05, 0.1) is 6.04 Å². The van der Waals surface area contributed by atoms with Crippen molar-refractivity contribution in [2.24, 2.45) is 0 Å². The Morgan fingerprint density at radius 2 is 1.62 bits per heavy atom. The molecule has 0 aliphatic rings. The SMILES string of the molecule is CCNC(c1cc(F)c(F)cc1F)c1ccc(F)cc1Cl. The second-order valence-corrected chi connectivity index (χ2v) is 4.85. The van der Waals surface area contributed by atoms with E-state index in [1.165, 1.54) is 12.1 Å².